The highest BCUT2D eigenvalue weighted by Crippen LogP contribution is 2.43. The van der Waals surface area contributed by atoms with E-state index in [0.717, 1.165) is 6.54 Å². The van der Waals surface area contributed by atoms with Gasteiger partial charge in [0.2, 0.25) is 0 Å². The van der Waals surface area contributed by atoms with Gasteiger partial charge >= 0.3 is 0 Å². The SMILES string of the molecule is O=C1NC2(C=CNCC2)c2c(O)cc(O)cc21. The number of carbonyl (C=O) groups excluding carboxylic acids is 1. The first-order valence-electron chi connectivity index (χ1n) is 5.42. The number of hydrogen-bond acceptors (Lipinski definition) is 4. The highest BCUT2D eigenvalue weighted by atomic mass is 16.3. The van der Waals surface area contributed by atoms with E-state index in [2.05, 4.69) is 10.6 Å². The van der Waals surface area contributed by atoms with E-state index in [0.29, 0.717) is 17.5 Å². The molecule has 2 aliphatic heterocycles. The predicted molar refractivity (Wildman–Crippen MR) is 60.7 cm³/mol. The van der Waals surface area contributed by atoms with Crippen molar-refractivity contribution in [2.75, 3.05) is 6.54 Å². The fourth-order valence-corrected chi connectivity index (χ4v) is 2.54. The van der Waals surface area contributed by atoms with Gasteiger partial charge in [0.05, 0.1) is 11.1 Å². The Kier molecular flexibility index (Phi) is 1.86. The molecule has 0 fully saturated rings. The predicted octanol–water partition coefficient (Wildman–Crippen LogP) is 0.544. The van der Waals surface area contributed by atoms with Crippen LogP contribution in [0.5, 0.6) is 11.5 Å². The first-order valence-corrected chi connectivity index (χ1v) is 5.42. The smallest absolute Gasteiger partial charge is 0.252 e. The molecular formula is C12H12N2O3. The van der Waals surface area contributed by atoms with E-state index in [-0.39, 0.29) is 17.4 Å². The molecule has 5 nitrogen and oxygen atoms in total. The van der Waals surface area contributed by atoms with Crippen LogP contribution in [0.2, 0.25) is 0 Å². The Morgan fingerprint density at radius 2 is 2.12 bits per heavy atom. The molecule has 17 heavy (non-hydrogen) atoms. The van der Waals surface area contributed by atoms with E-state index in [1.54, 1.807) is 6.20 Å². The maximum absolute atomic E-state index is 11.9. The Morgan fingerprint density at radius 3 is 2.82 bits per heavy atom. The number of amides is 1. The van der Waals surface area contributed by atoms with Crippen LogP contribution in [0.3, 0.4) is 0 Å². The number of rotatable bonds is 0. The monoisotopic (exact) mass is 232 g/mol. The second-order valence-electron chi connectivity index (χ2n) is 4.35. The zero-order valence-electron chi connectivity index (χ0n) is 9.03. The molecule has 1 aromatic carbocycles. The summed E-state index contributed by atoms with van der Waals surface area (Å²) in [6.07, 6.45) is 4.27. The number of hydrogen-bond donors (Lipinski definition) is 4. The van der Waals surface area contributed by atoms with Gasteiger partial charge in [0, 0.05) is 18.2 Å². The Hall–Kier alpha value is -2.17. The first-order chi connectivity index (χ1) is 8.12. The molecule has 1 amide bonds. The molecule has 1 unspecified atom stereocenters. The lowest BCUT2D eigenvalue weighted by Crippen LogP contribution is -2.42. The molecule has 0 saturated heterocycles. The van der Waals surface area contributed by atoms with Crippen LogP contribution >= 0.6 is 0 Å². The molecule has 1 aromatic rings. The molecule has 2 aliphatic rings. The minimum absolute atomic E-state index is 0.0510. The summed E-state index contributed by atoms with van der Waals surface area (Å²) in [5, 5.41) is 25.3. The highest BCUT2D eigenvalue weighted by molar-refractivity contribution is 6.01. The third-order valence-corrected chi connectivity index (χ3v) is 3.28. The van der Waals surface area contributed by atoms with E-state index in [1.165, 1.54) is 12.1 Å². The van der Waals surface area contributed by atoms with Gasteiger partial charge in [0.15, 0.2) is 0 Å². The molecule has 0 bridgehead atoms. The van der Waals surface area contributed by atoms with Crippen molar-refractivity contribution in [1.82, 2.24) is 10.6 Å². The van der Waals surface area contributed by atoms with Crippen molar-refractivity contribution in [3.63, 3.8) is 0 Å². The number of nitrogens with one attached hydrogen (secondary N) is 2. The average Bonchev–Trinajstić information content (AvgIpc) is 2.53. The van der Waals surface area contributed by atoms with E-state index >= 15 is 0 Å². The third-order valence-electron chi connectivity index (χ3n) is 3.28. The number of benzene rings is 1. The fourth-order valence-electron chi connectivity index (χ4n) is 2.54. The lowest BCUT2D eigenvalue weighted by atomic mass is 9.85. The number of phenols is 2. The van der Waals surface area contributed by atoms with Crippen LogP contribution in [0.4, 0.5) is 0 Å². The molecule has 1 spiro atoms. The molecule has 1 atom stereocenters. The maximum Gasteiger partial charge on any atom is 0.252 e. The Labute approximate surface area is 97.8 Å². The summed E-state index contributed by atoms with van der Waals surface area (Å²) in [7, 11) is 0. The minimum atomic E-state index is -0.643. The topological polar surface area (TPSA) is 81.6 Å². The van der Waals surface area contributed by atoms with E-state index < -0.39 is 5.54 Å². The van der Waals surface area contributed by atoms with E-state index in [9.17, 15) is 15.0 Å². The minimum Gasteiger partial charge on any atom is -0.508 e. The van der Waals surface area contributed by atoms with Crippen LogP contribution in [0.25, 0.3) is 0 Å². The second kappa shape index (κ2) is 3.16. The van der Waals surface area contributed by atoms with Crippen molar-refractivity contribution < 1.29 is 15.0 Å². The number of carbonyl (C=O) groups is 1. The molecule has 0 saturated carbocycles. The summed E-state index contributed by atoms with van der Waals surface area (Å²) in [5.41, 5.74) is 0.252. The van der Waals surface area contributed by atoms with Crippen LogP contribution in [0.1, 0.15) is 22.3 Å². The van der Waals surface area contributed by atoms with Gasteiger partial charge in [0.1, 0.15) is 11.5 Å². The number of phenolic OH excluding ortho intramolecular Hbond substituents is 2. The summed E-state index contributed by atoms with van der Waals surface area (Å²) >= 11 is 0. The zero-order valence-corrected chi connectivity index (χ0v) is 9.03. The molecule has 0 radical (unpaired) electrons. The van der Waals surface area contributed by atoms with Crippen LogP contribution in [0.15, 0.2) is 24.4 Å². The molecule has 0 aromatic heterocycles. The van der Waals surface area contributed by atoms with Crippen molar-refractivity contribution in [2.24, 2.45) is 0 Å². The van der Waals surface area contributed by atoms with Crippen molar-refractivity contribution in [3.8, 4) is 11.5 Å². The van der Waals surface area contributed by atoms with Crippen molar-refractivity contribution in [2.45, 2.75) is 12.0 Å². The second-order valence-corrected chi connectivity index (χ2v) is 4.35. The van der Waals surface area contributed by atoms with Gasteiger partial charge in [-0.2, -0.15) is 0 Å². The van der Waals surface area contributed by atoms with Crippen LogP contribution in [0, 0.1) is 0 Å². The summed E-state index contributed by atoms with van der Waals surface area (Å²) in [6, 6.07) is 2.64. The maximum atomic E-state index is 11.9. The van der Waals surface area contributed by atoms with E-state index in [1.807, 2.05) is 6.08 Å². The lowest BCUT2D eigenvalue weighted by molar-refractivity contribution is 0.0938. The van der Waals surface area contributed by atoms with Gasteiger partial charge in [-0.3, -0.25) is 4.79 Å². The molecule has 5 heteroatoms. The van der Waals surface area contributed by atoms with Crippen LogP contribution in [-0.4, -0.2) is 22.7 Å². The molecular weight excluding hydrogens is 220 g/mol. The van der Waals surface area contributed by atoms with Crippen LogP contribution in [-0.2, 0) is 5.54 Å². The van der Waals surface area contributed by atoms with Gasteiger partial charge in [-0.05, 0) is 24.8 Å². The summed E-state index contributed by atoms with van der Waals surface area (Å²) in [4.78, 5) is 11.9. The quantitative estimate of drug-likeness (QED) is 0.526. The van der Waals surface area contributed by atoms with Gasteiger partial charge in [-0.15, -0.1) is 0 Å². The third kappa shape index (κ3) is 1.28. The summed E-state index contributed by atoms with van der Waals surface area (Å²) in [6.45, 7) is 0.719. The zero-order chi connectivity index (χ0) is 12.0. The molecule has 88 valence electrons. The Morgan fingerprint density at radius 1 is 1.29 bits per heavy atom. The van der Waals surface area contributed by atoms with Crippen LogP contribution < -0.4 is 10.6 Å². The van der Waals surface area contributed by atoms with Crippen molar-refractivity contribution >= 4 is 5.91 Å². The molecule has 4 N–H and O–H groups in total. The van der Waals surface area contributed by atoms with Gasteiger partial charge in [-0.1, -0.05) is 0 Å². The van der Waals surface area contributed by atoms with Gasteiger partial charge < -0.3 is 20.8 Å². The molecule has 3 rings (SSSR count). The lowest BCUT2D eigenvalue weighted by Gasteiger charge is -2.30. The highest BCUT2D eigenvalue weighted by Gasteiger charge is 2.44. The number of aromatic hydroxyl groups is 2. The van der Waals surface area contributed by atoms with Crippen molar-refractivity contribution in [1.29, 1.82) is 0 Å². The van der Waals surface area contributed by atoms with Gasteiger partial charge in [0.25, 0.3) is 5.91 Å². The fraction of sp³-hybridized carbons (Fsp3) is 0.250. The largest absolute Gasteiger partial charge is 0.508 e. The Bertz CT molecular complexity index is 539. The van der Waals surface area contributed by atoms with Gasteiger partial charge in [-0.25, -0.2) is 0 Å². The summed E-state index contributed by atoms with van der Waals surface area (Å²) < 4.78 is 0. The summed E-state index contributed by atoms with van der Waals surface area (Å²) in [5.74, 6) is -0.422. The normalized spacial score (nSPS) is 25.5. The standard InChI is InChI=1S/C12H12N2O3/c15-7-5-8-10(9(16)6-7)12(14-11(8)17)1-3-13-4-2-12/h1,3,5-6,13,15-16H,2,4H2,(H,14,17). The Balaban J connectivity index is 2.25. The molecule has 0 aliphatic carbocycles. The first kappa shape index (κ1) is 10.0. The average molecular weight is 232 g/mol. The number of fused-ring (bicyclic) bond motifs is 2. The molecule has 2 heterocycles. The van der Waals surface area contributed by atoms with E-state index in [4.69, 9.17) is 0 Å². The van der Waals surface area contributed by atoms with Crippen molar-refractivity contribution in [3.05, 3.63) is 35.5 Å².